The quantitative estimate of drug-likeness (QED) is 0.306. The molecule has 0 N–H and O–H groups in total. The lowest BCUT2D eigenvalue weighted by molar-refractivity contribution is 0.336. The van der Waals surface area contributed by atoms with Gasteiger partial charge in [-0.2, -0.15) is 0 Å². The Bertz CT molecular complexity index is 1110. The Morgan fingerprint density at radius 1 is 0.593 bits per heavy atom. The predicted octanol–water partition coefficient (Wildman–Crippen LogP) is 5.92. The van der Waals surface area contributed by atoms with Crippen molar-refractivity contribution in [1.82, 2.24) is 9.47 Å². The van der Waals surface area contributed by atoms with E-state index in [0.29, 0.717) is 0 Å². The summed E-state index contributed by atoms with van der Waals surface area (Å²) in [6.07, 6.45) is 4.93. The third-order valence-corrected chi connectivity index (χ3v) is 6.59. The van der Waals surface area contributed by atoms with Crippen LogP contribution in [0.15, 0.2) is 66.7 Å². The van der Waals surface area contributed by atoms with Crippen molar-refractivity contribution in [2.24, 2.45) is 0 Å². The molecule has 0 atom stereocenters. The average molecular weight is 351 g/mol. The maximum Gasteiger partial charge on any atom is 0.156 e. The normalized spacial score (nSPS) is 17.8. The third kappa shape index (κ3) is 2.08. The first kappa shape index (κ1) is 15.4. The van der Waals surface area contributed by atoms with Crippen LogP contribution < -0.4 is 4.48 Å². The largest absolute Gasteiger partial charge is 0.257 e. The maximum atomic E-state index is 4.99. The van der Waals surface area contributed by atoms with Crippen LogP contribution in [0.2, 0.25) is 0 Å². The van der Waals surface area contributed by atoms with Gasteiger partial charge in [0.05, 0.1) is 34.9 Å². The van der Waals surface area contributed by atoms with Gasteiger partial charge in [0.15, 0.2) is 5.69 Å². The first-order chi connectivity index (χ1) is 13.4. The van der Waals surface area contributed by atoms with E-state index in [0.717, 1.165) is 15.5 Å². The number of rotatable bonds is 1. The number of fused-ring (bicyclic) bond motifs is 2. The Balaban J connectivity index is 1.81. The van der Waals surface area contributed by atoms with Crippen LogP contribution in [-0.4, -0.2) is 18.1 Å². The first-order valence-corrected chi connectivity index (χ1v) is 10.1. The zero-order valence-corrected chi connectivity index (χ0v) is 15.5. The van der Waals surface area contributed by atoms with E-state index in [4.69, 9.17) is 4.98 Å². The second kappa shape index (κ2) is 5.64. The Kier molecular flexibility index (Phi) is 3.21. The van der Waals surface area contributed by atoms with E-state index >= 15 is 0 Å². The van der Waals surface area contributed by atoms with Crippen LogP contribution in [0.4, 0.5) is 11.4 Å². The van der Waals surface area contributed by atoms with Gasteiger partial charge in [-0.25, -0.2) is 4.98 Å². The average Bonchev–Trinajstić information content (AvgIpc) is 2.72. The molecule has 2 heteroatoms. The fourth-order valence-electron chi connectivity index (χ4n) is 5.63. The molecule has 2 aliphatic heterocycles. The Hall–Kier alpha value is -2.71. The summed E-state index contributed by atoms with van der Waals surface area (Å²) in [4.78, 5) is 4.99. The zero-order valence-electron chi connectivity index (χ0n) is 15.5. The van der Waals surface area contributed by atoms with Crippen molar-refractivity contribution in [1.29, 1.82) is 0 Å². The molecular formula is C25H23N2+. The summed E-state index contributed by atoms with van der Waals surface area (Å²) in [6.45, 7) is 2.39. The molecule has 0 fully saturated rings. The fraction of sp³-hybridized carbons (Fsp3) is 0.240. The van der Waals surface area contributed by atoms with Crippen molar-refractivity contribution in [2.45, 2.75) is 25.7 Å². The summed E-state index contributed by atoms with van der Waals surface area (Å²) in [6, 6.07) is 24.5. The van der Waals surface area contributed by atoms with Crippen molar-refractivity contribution in [3.05, 3.63) is 77.9 Å². The highest BCUT2D eigenvalue weighted by Crippen LogP contribution is 2.50. The van der Waals surface area contributed by atoms with Crippen molar-refractivity contribution < 1.29 is 0 Å². The van der Waals surface area contributed by atoms with E-state index < -0.39 is 0 Å². The summed E-state index contributed by atoms with van der Waals surface area (Å²) >= 11 is 0. The number of hydrogen-bond acceptors (Lipinski definition) is 1. The highest BCUT2D eigenvalue weighted by Gasteiger charge is 2.44. The molecule has 0 spiro atoms. The van der Waals surface area contributed by atoms with E-state index in [-0.39, 0.29) is 0 Å². The molecular weight excluding hydrogens is 328 g/mol. The van der Waals surface area contributed by atoms with Crippen LogP contribution in [0.1, 0.15) is 24.0 Å². The van der Waals surface area contributed by atoms with E-state index in [2.05, 4.69) is 66.7 Å². The van der Waals surface area contributed by atoms with Crippen LogP contribution in [0.3, 0.4) is 0 Å². The molecule has 1 aromatic heterocycles. The van der Waals surface area contributed by atoms with Gasteiger partial charge in [-0.3, -0.25) is 4.48 Å². The Labute approximate surface area is 159 Å². The zero-order chi connectivity index (χ0) is 17.8. The molecule has 2 nitrogen and oxygen atoms in total. The number of pyridine rings is 1. The van der Waals surface area contributed by atoms with Crippen LogP contribution in [0.5, 0.6) is 0 Å². The number of quaternary nitrogens is 1. The molecule has 4 aromatic rings. The van der Waals surface area contributed by atoms with E-state index in [1.54, 1.807) is 16.8 Å². The highest BCUT2D eigenvalue weighted by molar-refractivity contribution is 6.08. The molecule has 3 heterocycles. The second-order valence-electron chi connectivity index (χ2n) is 8.04. The number of para-hydroxylation sites is 3. The number of hydrogen-bond donors (Lipinski definition) is 0. The molecule has 0 saturated carbocycles. The standard InChI is InChI=1S/C25H23N2/c1-3-14-22-20(12-1)25(21-13-2-4-15-23(21)26-22)27-16-6-10-18-8-5-9-19(24(18)27)11-7-17-27/h1-5,8-9,12-15H,6-7,10-11,16-17H2/q+1. The first-order valence-electron chi connectivity index (χ1n) is 10.1. The van der Waals surface area contributed by atoms with Gasteiger partial charge in [-0.1, -0.05) is 42.5 Å². The summed E-state index contributed by atoms with van der Waals surface area (Å²) in [5.74, 6) is 0. The van der Waals surface area contributed by atoms with Crippen LogP contribution in [0, 0.1) is 0 Å². The van der Waals surface area contributed by atoms with E-state index in [1.807, 2.05) is 0 Å². The van der Waals surface area contributed by atoms with Gasteiger partial charge in [0, 0.05) is 24.0 Å². The van der Waals surface area contributed by atoms with Crippen LogP contribution >= 0.6 is 0 Å². The molecule has 27 heavy (non-hydrogen) atoms. The minimum absolute atomic E-state index is 1.01. The Morgan fingerprint density at radius 2 is 1.15 bits per heavy atom. The van der Waals surface area contributed by atoms with Crippen molar-refractivity contribution in [3.8, 4) is 0 Å². The maximum absolute atomic E-state index is 4.99. The number of benzene rings is 3. The van der Waals surface area contributed by atoms with Crippen LogP contribution in [0.25, 0.3) is 21.8 Å². The van der Waals surface area contributed by atoms with Gasteiger partial charge in [0.1, 0.15) is 5.69 Å². The predicted molar refractivity (Wildman–Crippen MR) is 114 cm³/mol. The molecule has 0 aliphatic carbocycles. The lowest BCUT2D eigenvalue weighted by Crippen LogP contribution is -2.51. The SMILES string of the molecule is c1cc2c3c(c1)CCC[N+]3(c1c3ccccc3nc3ccccc13)CCC2. The van der Waals surface area contributed by atoms with Crippen molar-refractivity contribution in [2.75, 3.05) is 13.1 Å². The summed E-state index contributed by atoms with van der Waals surface area (Å²) < 4.78 is 1.01. The highest BCUT2D eigenvalue weighted by atomic mass is 15.4. The van der Waals surface area contributed by atoms with Crippen molar-refractivity contribution in [3.63, 3.8) is 0 Å². The van der Waals surface area contributed by atoms with Gasteiger partial charge in [-0.15, -0.1) is 0 Å². The van der Waals surface area contributed by atoms with Gasteiger partial charge in [0.2, 0.25) is 0 Å². The van der Waals surface area contributed by atoms with Crippen molar-refractivity contribution >= 4 is 33.2 Å². The molecule has 0 saturated heterocycles. The molecule has 132 valence electrons. The summed E-state index contributed by atoms with van der Waals surface area (Å²) in [7, 11) is 0. The summed E-state index contributed by atoms with van der Waals surface area (Å²) in [5.41, 5.74) is 8.43. The Morgan fingerprint density at radius 3 is 1.74 bits per heavy atom. The van der Waals surface area contributed by atoms with Crippen LogP contribution in [-0.2, 0) is 12.8 Å². The smallest absolute Gasteiger partial charge is 0.156 e. The fourth-order valence-corrected chi connectivity index (χ4v) is 5.63. The molecule has 2 aliphatic rings. The summed E-state index contributed by atoms with van der Waals surface area (Å²) in [5, 5.41) is 2.64. The van der Waals surface area contributed by atoms with Gasteiger partial charge in [-0.05, 0) is 37.1 Å². The monoisotopic (exact) mass is 351 g/mol. The number of aromatic nitrogens is 1. The number of nitrogens with zero attached hydrogens (tertiary/aromatic N) is 2. The molecule has 0 amide bonds. The van der Waals surface area contributed by atoms with Gasteiger partial charge >= 0.3 is 0 Å². The molecule has 3 aromatic carbocycles. The molecule has 6 rings (SSSR count). The van der Waals surface area contributed by atoms with Gasteiger partial charge < -0.3 is 0 Å². The third-order valence-electron chi connectivity index (χ3n) is 6.59. The molecule has 0 bridgehead atoms. The minimum Gasteiger partial charge on any atom is -0.257 e. The topological polar surface area (TPSA) is 12.9 Å². The van der Waals surface area contributed by atoms with E-state index in [9.17, 15) is 0 Å². The number of aryl methyl sites for hydroxylation is 2. The molecule has 0 radical (unpaired) electrons. The molecule has 0 unspecified atom stereocenters. The van der Waals surface area contributed by atoms with E-state index in [1.165, 1.54) is 55.2 Å². The second-order valence-corrected chi connectivity index (χ2v) is 8.04. The van der Waals surface area contributed by atoms with Gasteiger partial charge in [0.25, 0.3) is 0 Å². The lowest BCUT2D eigenvalue weighted by Gasteiger charge is -2.46. The minimum atomic E-state index is 1.01. The lowest BCUT2D eigenvalue weighted by atomic mass is 9.87.